The van der Waals surface area contributed by atoms with Gasteiger partial charge in [0, 0.05) is 11.9 Å². The summed E-state index contributed by atoms with van der Waals surface area (Å²) in [4.78, 5) is 7.45. The van der Waals surface area contributed by atoms with E-state index in [1.54, 1.807) is 38.1 Å². The van der Waals surface area contributed by atoms with Gasteiger partial charge in [-0.15, -0.1) is 0 Å². The van der Waals surface area contributed by atoms with Crippen molar-refractivity contribution in [1.82, 2.24) is 9.97 Å². The van der Waals surface area contributed by atoms with E-state index in [1.165, 1.54) is 0 Å². The van der Waals surface area contributed by atoms with Gasteiger partial charge in [0.15, 0.2) is 0 Å². The summed E-state index contributed by atoms with van der Waals surface area (Å²) in [5, 5.41) is 11.5. The van der Waals surface area contributed by atoms with Crippen molar-refractivity contribution in [2.45, 2.75) is 26.1 Å². The number of alkyl halides is 3. The Bertz CT molecular complexity index is 721. The number of nitrogens with one attached hydrogen (secondary N) is 1. The van der Waals surface area contributed by atoms with Gasteiger partial charge in [-0.2, -0.15) is 23.4 Å². The van der Waals surface area contributed by atoms with E-state index in [-0.39, 0.29) is 5.95 Å². The number of hydrogen-bond donors (Lipinski definition) is 1. The third kappa shape index (κ3) is 4.32. The van der Waals surface area contributed by atoms with E-state index in [1.807, 2.05) is 6.07 Å². The largest absolute Gasteiger partial charge is 0.474 e. The normalized spacial score (nSPS) is 11.2. The zero-order valence-electron chi connectivity index (χ0n) is 12.3. The van der Waals surface area contributed by atoms with Crippen molar-refractivity contribution in [3.8, 4) is 11.9 Å². The molecule has 0 unspecified atom stereocenters. The lowest BCUT2D eigenvalue weighted by atomic mass is 10.2. The van der Waals surface area contributed by atoms with Crippen molar-refractivity contribution in [3.05, 3.63) is 41.6 Å². The number of halogens is 3. The van der Waals surface area contributed by atoms with Crippen molar-refractivity contribution in [1.29, 1.82) is 5.26 Å². The van der Waals surface area contributed by atoms with E-state index in [9.17, 15) is 13.2 Å². The van der Waals surface area contributed by atoms with Crippen LogP contribution in [0.2, 0.25) is 0 Å². The predicted molar refractivity (Wildman–Crippen MR) is 77.2 cm³/mol. The molecule has 1 N–H and O–H groups in total. The lowest BCUT2D eigenvalue weighted by molar-refractivity contribution is -0.139. The molecule has 0 amide bonds. The number of ether oxygens (including phenoxy) is 1. The number of aromatic nitrogens is 2. The minimum atomic E-state index is -4.60. The summed E-state index contributed by atoms with van der Waals surface area (Å²) < 4.78 is 43.9. The highest BCUT2D eigenvalue weighted by Gasteiger charge is 2.36. The Labute approximate surface area is 130 Å². The van der Waals surface area contributed by atoms with Gasteiger partial charge in [-0.1, -0.05) is 0 Å². The van der Waals surface area contributed by atoms with Crippen molar-refractivity contribution in [2.24, 2.45) is 0 Å². The first-order valence-corrected chi connectivity index (χ1v) is 6.67. The number of hydrogen-bond acceptors (Lipinski definition) is 5. The van der Waals surface area contributed by atoms with Gasteiger partial charge < -0.3 is 10.1 Å². The van der Waals surface area contributed by atoms with Crippen LogP contribution in [-0.2, 0) is 6.18 Å². The first-order chi connectivity index (χ1) is 10.8. The summed E-state index contributed by atoms with van der Waals surface area (Å²) in [7, 11) is 0. The Hall–Kier alpha value is -2.82. The first-order valence-electron chi connectivity index (χ1n) is 6.67. The summed E-state index contributed by atoms with van der Waals surface area (Å²) in [5.74, 6) is -0.558. The summed E-state index contributed by atoms with van der Waals surface area (Å²) in [6.07, 6.45) is -4.39. The lowest BCUT2D eigenvalue weighted by Crippen LogP contribution is -2.15. The Balaban J connectivity index is 2.30. The number of anilines is 2. The molecule has 0 fully saturated rings. The topological polar surface area (TPSA) is 70.8 Å². The number of benzene rings is 1. The van der Waals surface area contributed by atoms with Gasteiger partial charge >= 0.3 is 6.18 Å². The van der Waals surface area contributed by atoms with Gasteiger partial charge in [0.2, 0.25) is 11.8 Å². The van der Waals surface area contributed by atoms with Crippen molar-refractivity contribution < 1.29 is 17.9 Å². The molecule has 120 valence electrons. The monoisotopic (exact) mass is 322 g/mol. The molecule has 0 aliphatic heterocycles. The molecule has 23 heavy (non-hydrogen) atoms. The first kappa shape index (κ1) is 16.5. The van der Waals surface area contributed by atoms with Crippen molar-refractivity contribution in [2.75, 3.05) is 5.32 Å². The quantitative estimate of drug-likeness (QED) is 0.924. The fraction of sp³-hybridized carbons (Fsp3) is 0.267. The van der Waals surface area contributed by atoms with Gasteiger partial charge in [-0.3, -0.25) is 0 Å². The highest BCUT2D eigenvalue weighted by atomic mass is 19.4. The Kier molecular flexibility index (Phi) is 4.69. The molecule has 1 aromatic heterocycles. The van der Waals surface area contributed by atoms with Crippen LogP contribution in [0.5, 0.6) is 5.88 Å². The van der Waals surface area contributed by atoms with Gasteiger partial charge in [0.05, 0.1) is 17.7 Å². The fourth-order valence-corrected chi connectivity index (χ4v) is 1.69. The molecule has 0 spiro atoms. The molecule has 0 saturated heterocycles. The van der Waals surface area contributed by atoms with Crippen LogP contribution in [0, 0.1) is 11.3 Å². The van der Waals surface area contributed by atoms with E-state index >= 15 is 0 Å². The molecule has 1 aromatic carbocycles. The summed E-state index contributed by atoms with van der Waals surface area (Å²) in [5.41, 5.74) is -0.0245. The van der Waals surface area contributed by atoms with Crippen LogP contribution in [0.1, 0.15) is 25.0 Å². The fourth-order valence-electron chi connectivity index (χ4n) is 1.69. The van der Waals surface area contributed by atoms with Crippen LogP contribution >= 0.6 is 0 Å². The maximum absolute atomic E-state index is 12.9. The van der Waals surface area contributed by atoms with E-state index in [0.29, 0.717) is 17.4 Å². The Morgan fingerprint density at radius 2 is 1.87 bits per heavy atom. The maximum atomic E-state index is 12.9. The summed E-state index contributed by atoms with van der Waals surface area (Å²) in [6, 6.07) is 8.30. The molecular formula is C15H13F3N4O. The van der Waals surface area contributed by atoms with Crippen LogP contribution in [0.3, 0.4) is 0 Å². The van der Waals surface area contributed by atoms with E-state index in [2.05, 4.69) is 15.3 Å². The molecule has 1 heterocycles. The van der Waals surface area contributed by atoms with Gasteiger partial charge in [-0.05, 0) is 38.1 Å². The maximum Gasteiger partial charge on any atom is 0.423 e. The van der Waals surface area contributed by atoms with Crippen molar-refractivity contribution in [3.63, 3.8) is 0 Å². The number of nitrogens with zero attached hydrogens (tertiary/aromatic N) is 3. The third-order valence-electron chi connectivity index (χ3n) is 2.68. The minimum Gasteiger partial charge on any atom is -0.474 e. The number of nitriles is 1. The lowest BCUT2D eigenvalue weighted by Gasteiger charge is -2.15. The molecule has 0 radical (unpaired) electrons. The molecule has 8 heteroatoms. The third-order valence-corrected chi connectivity index (χ3v) is 2.68. The summed E-state index contributed by atoms with van der Waals surface area (Å²) >= 11 is 0. The molecule has 0 bridgehead atoms. The zero-order valence-corrected chi connectivity index (χ0v) is 12.3. The van der Waals surface area contributed by atoms with Gasteiger partial charge in [0.1, 0.15) is 5.56 Å². The van der Waals surface area contributed by atoms with E-state index in [4.69, 9.17) is 10.00 Å². The van der Waals surface area contributed by atoms with E-state index in [0.717, 1.165) is 0 Å². The molecule has 2 rings (SSSR count). The SMILES string of the molecule is CC(C)Oc1nc(Nc2ccc(C#N)cc2)ncc1C(F)(F)F. The number of rotatable bonds is 4. The summed E-state index contributed by atoms with van der Waals surface area (Å²) in [6.45, 7) is 3.21. The average molecular weight is 322 g/mol. The van der Waals surface area contributed by atoms with Crippen LogP contribution in [0.15, 0.2) is 30.5 Å². The highest BCUT2D eigenvalue weighted by molar-refractivity contribution is 5.55. The predicted octanol–water partition coefficient (Wildman–Crippen LogP) is 3.90. The molecular weight excluding hydrogens is 309 g/mol. The minimum absolute atomic E-state index is 0.0293. The van der Waals surface area contributed by atoms with Crippen LogP contribution in [0.4, 0.5) is 24.8 Å². The molecule has 2 aromatic rings. The van der Waals surface area contributed by atoms with E-state index < -0.39 is 23.7 Å². The molecule has 5 nitrogen and oxygen atoms in total. The molecule has 0 aliphatic carbocycles. The second-order valence-electron chi connectivity index (χ2n) is 4.89. The van der Waals surface area contributed by atoms with Crippen molar-refractivity contribution >= 4 is 11.6 Å². The smallest absolute Gasteiger partial charge is 0.423 e. The van der Waals surface area contributed by atoms with Crippen LogP contribution in [0.25, 0.3) is 0 Å². The second kappa shape index (κ2) is 6.52. The molecule has 0 saturated carbocycles. The van der Waals surface area contributed by atoms with Gasteiger partial charge in [0.25, 0.3) is 0 Å². The zero-order chi connectivity index (χ0) is 17.0. The Morgan fingerprint density at radius 1 is 1.22 bits per heavy atom. The molecule has 0 atom stereocenters. The standard InChI is InChI=1S/C15H13F3N4O/c1-9(2)23-13-12(15(16,17)18)8-20-14(22-13)21-11-5-3-10(7-19)4-6-11/h3-6,8-9H,1-2H3,(H,20,21,22). The Morgan fingerprint density at radius 3 is 2.39 bits per heavy atom. The van der Waals surface area contributed by atoms with Crippen LogP contribution in [-0.4, -0.2) is 16.1 Å². The average Bonchev–Trinajstić information content (AvgIpc) is 2.46. The van der Waals surface area contributed by atoms with Gasteiger partial charge in [-0.25, -0.2) is 4.98 Å². The second-order valence-corrected chi connectivity index (χ2v) is 4.89. The highest BCUT2D eigenvalue weighted by Crippen LogP contribution is 2.35. The van der Waals surface area contributed by atoms with Crippen LogP contribution < -0.4 is 10.1 Å². The molecule has 0 aliphatic rings.